The van der Waals surface area contributed by atoms with Gasteiger partial charge in [0.25, 0.3) is 5.91 Å². The van der Waals surface area contributed by atoms with Crippen molar-refractivity contribution in [2.24, 2.45) is 0 Å². The van der Waals surface area contributed by atoms with Crippen molar-refractivity contribution in [3.8, 4) is 6.01 Å². The molecule has 9 heteroatoms. The molecule has 1 saturated carbocycles. The van der Waals surface area contributed by atoms with Crippen LogP contribution in [0.2, 0.25) is 0 Å². The second kappa shape index (κ2) is 8.66. The van der Waals surface area contributed by atoms with E-state index in [0.717, 1.165) is 30.0 Å². The summed E-state index contributed by atoms with van der Waals surface area (Å²) in [4.78, 5) is 20.8. The van der Waals surface area contributed by atoms with Crippen LogP contribution in [0.5, 0.6) is 6.01 Å². The summed E-state index contributed by atoms with van der Waals surface area (Å²) in [6.07, 6.45) is 6.55. The molecule has 8 nitrogen and oxygen atoms in total. The predicted molar refractivity (Wildman–Crippen MR) is 103 cm³/mol. The minimum absolute atomic E-state index is 0.0473. The minimum Gasteiger partial charge on any atom is -0.460 e. The number of amides is 1. The second-order valence-corrected chi connectivity index (χ2v) is 9.06. The molecule has 150 valence electrons. The van der Waals surface area contributed by atoms with E-state index < -0.39 is 10.0 Å². The van der Waals surface area contributed by atoms with Gasteiger partial charge in [-0.3, -0.25) is 4.79 Å². The van der Waals surface area contributed by atoms with Gasteiger partial charge in [0.05, 0.1) is 4.90 Å². The van der Waals surface area contributed by atoms with Crippen molar-refractivity contribution in [2.45, 2.75) is 42.7 Å². The lowest BCUT2D eigenvalue weighted by Crippen LogP contribution is -2.39. The monoisotopic (exact) mass is 404 g/mol. The first-order chi connectivity index (χ1) is 13.4. The summed E-state index contributed by atoms with van der Waals surface area (Å²) in [7, 11) is -0.557. The third-order valence-electron chi connectivity index (χ3n) is 4.72. The van der Waals surface area contributed by atoms with Gasteiger partial charge in [0.15, 0.2) is 0 Å². The van der Waals surface area contributed by atoms with Crippen molar-refractivity contribution in [1.29, 1.82) is 0 Å². The fraction of sp³-hybridized carbons (Fsp3) is 0.421. The largest absolute Gasteiger partial charge is 0.460 e. The van der Waals surface area contributed by atoms with E-state index in [0.29, 0.717) is 11.6 Å². The van der Waals surface area contributed by atoms with E-state index in [-0.39, 0.29) is 22.9 Å². The average molecular weight is 404 g/mol. The number of ether oxygens (including phenoxy) is 1. The highest BCUT2D eigenvalue weighted by molar-refractivity contribution is 7.89. The number of rotatable bonds is 6. The highest BCUT2D eigenvalue weighted by atomic mass is 32.2. The van der Waals surface area contributed by atoms with Gasteiger partial charge in [-0.1, -0.05) is 0 Å². The van der Waals surface area contributed by atoms with E-state index in [9.17, 15) is 13.2 Å². The highest BCUT2D eigenvalue weighted by Gasteiger charge is 2.25. The molecular weight excluding hydrogens is 380 g/mol. The first-order valence-electron chi connectivity index (χ1n) is 9.13. The van der Waals surface area contributed by atoms with E-state index >= 15 is 0 Å². The van der Waals surface area contributed by atoms with Gasteiger partial charge in [-0.25, -0.2) is 22.7 Å². The lowest BCUT2D eigenvalue weighted by Gasteiger charge is -2.28. The molecule has 0 atom stereocenters. The van der Waals surface area contributed by atoms with E-state index in [1.807, 2.05) is 0 Å². The minimum atomic E-state index is -3.50. The topological polar surface area (TPSA) is 101 Å². The zero-order valence-electron chi connectivity index (χ0n) is 15.9. The Hall–Kier alpha value is -2.52. The van der Waals surface area contributed by atoms with Crippen LogP contribution in [0, 0.1) is 0 Å². The van der Waals surface area contributed by atoms with Crippen molar-refractivity contribution in [3.05, 3.63) is 48.3 Å². The Morgan fingerprint density at radius 1 is 1.07 bits per heavy atom. The molecule has 1 aliphatic rings. The average Bonchev–Trinajstić information content (AvgIpc) is 2.70. The molecule has 1 heterocycles. The molecule has 1 aromatic heterocycles. The van der Waals surface area contributed by atoms with Crippen LogP contribution < -0.4 is 10.1 Å². The van der Waals surface area contributed by atoms with Crippen LogP contribution in [0.15, 0.2) is 47.6 Å². The number of carbonyl (C=O) groups is 1. The maximum Gasteiger partial charge on any atom is 0.316 e. The standard InChI is InChI=1S/C19H24N4O4S/c1-23(2)28(25,26)17-10-4-14(5-11-17)18(24)22-15-6-8-16(9-7-15)27-19-20-12-3-13-21-19/h3-5,10-13,15-16H,6-9H2,1-2H3,(H,22,24). The van der Waals surface area contributed by atoms with Gasteiger partial charge < -0.3 is 10.1 Å². The van der Waals surface area contributed by atoms with Crippen LogP contribution in [-0.4, -0.2) is 54.8 Å². The number of nitrogens with zero attached hydrogens (tertiary/aromatic N) is 3. The number of nitrogens with one attached hydrogen (secondary N) is 1. The zero-order valence-corrected chi connectivity index (χ0v) is 16.7. The van der Waals surface area contributed by atoms with E-state index in [1.165, 1.54) is 38.4 Å². The Bertz CT molecular complexity index is 893. The molecule has 1 amide bonds. The number of hydrogen-bond acceptors (Lipinski definition) is 6. The normalized spacial score (nSPS) is 20.0. The summed E-state index contributed by atoms with van der Waals surface area (Å²) in [6, 6.07) is 8.16. The van der Waals surface area contributed by atoms with Crippen LogP contribution in [0.1, 0.15) is 36.0 Å². The highest BCUT2D eigenvalue weighted by Crippen LogP contribution is 2.22. The summed E-state index contributed by atoms with van der Waals surface area (Å²) in [6.45, 7) is 0. The lowest BCUT2D eigenvalue weighted by atomic mass is 9.92. The number of aromatic nitrogens is 2. The van der Waals surface area contributed by atoms with Gasteiger partial charge in [-0.05, 0) is 56.0 Å². The second-order valence-electron chi connectivity index (χ2n) is 6.91. The summed E-state index contributed by atoms with van der Waals surface area (Å²) in [5, 5.41) is 3.01. The quantitative estimate of drug-likeness (QED) is 0.788. The lowest BCUT2D eigenvalue weighted by molar-refractivity contribution is 0.0885. The molecule has 0 unspecified atom stereocenters. The number of sulfonamides is 1. The summed E-state index contributed by atoms with van der Waals surface area (Å²) >= 11 is 0. The number of carbonyl (C=O) groups excluding carboxylic acids is 1. The van der Waals surface area contributed by atoms with Crippen molar-refractivity contribution in [2.75, 3.05) is 14.1 Å². The Morgan fingerprint density at radius 2 is 1.68 bits per heavy atom. The Balaban J connectivity index is 1.52. The molecule has 2 aromatic rings. The van der Waals surface area contributed by atoms with Crippen molar-refractivity contribution >= 4 is 15.9 Å². The summed E-state index contributed by atoms with van der Waals surface area (Å²) in [5.74, 6) is -0.204. The maximum absolute atomic E-state index is 12.5. The van der Waals surface area contributed by atoms with Gasteiger partial charge in [0, 0.05) is 38.1 Å². The summed E-state index contributed by atoms with van der Waals surface area (Å²) in [5.41, 5.74) is 0.439. The van der Waals surface area contributed by atoms with Crippen molar-refractivity contribution in [1.82, 2.24) is 19.6 Å². The van der Waals surface area contributed by atoms with Crippen LogP contribution in [0.3, 0.4) is 0 Å². The molecule has 1 aromatic carbocycles. The SMILES string of the molecule is CN(C)S(=O)(=O)c1ccc(C(=O)NC2CCC(Oc3ncccn3)CC2)cc1. The van der Waals surface area contributed by atoms with Crippen LogP contribution >= 0.6 is 0 Å². The number of benzene rings is 1. The molecule has 0 radical (unpaired) electrons. The van der Waals surface area contributed by atoms with Gasteiger partial charge in [-0.15, -0.1) is 0 Å². The first-order valence-corrected chi connectivity index (χ1v) is 10.6. The molecule has 1 fully saturated rings. The molecule has 0 saturated heterocycles. The first kappa shape index (κ1) is 20.2. The van der Waals surface area contributed by atoms with Crippen LogP contribution in [-0.2, 0) is 10.0 Å². The third-order valence-corrected chi connectivity index (χ3v) is 6.55. The van der Waals surface area contributed by atoms with E-state index in [4.69, 9.17) is 4.74 Å². The fourth-order valence-corrected chi connectivity index (χ4v) is 3.98. The maximum atomic E-state index is 12.5. The van der Waals surface area contributed by atoms with Crippen LogP contribution in [0.4, 0.5) is 0 Å². The summed E-state index contributed by atoms with van der Waals surface area (Å²) < 4.78 is 31.1. The van der Waals surface area contributed by atoms with E-state index in [2.05, 4.69) is 15.3 Å². The van der Waals surface area contributed by atoms with Crippen molar-refractivity contribution in [3.63, 3.8) is 0 Å². The van der Waals surface area contributed by atoms with Gasteiger partial charge in [0.1, 0.15) is 6.10 Å². The van der Waals surface area contributed by atoms with Crippen molar-refractivity contribution < 1.29 is 17.9 Å². The van der Waals surface area contributed by atoms with Gasteiger partial charge in [-0.2, -0.15) is 0 Å². The van der Waals surface area contributed by atoms with Gasteiger partial charge in [0.2, 0.25) is 10.0 Å². The molecule has 1 aliphatic carbocycles. The predicted octanol–water partition coefficient (Wildman–Crippen LogP) is 1.85. The van der Waals surface area contributed by atoms with E-state index in [1.54, 1.807) is 18.5 Å². The third kappa shape index (κ3) is 4.85. The number of hydrogen-bond donors (Lipinski definition) is 1. The smallest absolute Gasteiger partial charge is 0.316 e. The Kier molecular flexibility index (Phi) is 6.25. The van der Waals surface area contributed by atoms with Gasteiger partial charge >= 0.3 is 6.01 Å². The molecule has 0 aliphatic heterocycles. The molecule has 0 bridgehead atoms. The van der Waals surface area contributed by atoms with Crippen LogP contribution in [0.25, 0.3) is 0 Å². The molecular formula is C19H24N4O4S. The molecule has 28 heavy (non-hydrogen) atoms. The molecule has 1 N–H and O–H groups in total. The molecule has 3 rings (SSSR count). The molecule has 0 spiro atoms. The zero-order chi connectivity index (χ0) is 20.1. The Labute approximate surface area is 165 Å². The Morgan fingerprint density at radius 3 is 2.25 bits per heavy atom. The fourth-order valence-electron chi connectivity index (χ4n) is 3.08.